The Labute approximate surface area is 93.2 Å². The highest BCUT2D eigenvalue weighted by Gasteiger charge is 2.21. The number of aliphatic hydroxyl groups is 1. The fraction of sp³-hybridized carbons (Fsp3) is 1.00. The van der Waals surface area contributed by atoms with E-state index in [1.807, 2.05) is 0 Å². The molecule has 1 saturated carbocycles. The average Bonchev–Trinajstić information content (AvgIpc) is 2.27. The Morgan fingerprint density at radius 1 is 1.47 bits per heavy atom. The number of nitrogens with one attached hydrogen (secondary N) is 1. The van der Waals surface area contributed by atoms with Crippen LogP contribution in [0.5, 0.6) is 0 Å². The predicted molar refractivity (Wildman–Crippen MR) is 61.9 cm³/mol. The fourth-order valence-electron chi connectivity index (χ4n) is 2.23. The lowest BCUT2D eigenvalue weighted by atomic mass is 9.92. The highest BCUT2D eigenvalue weighted by molar-refractivity contribution is 4.78. The van der Waals surface area contributed by atoms with Crippen LogP contribution in [0.2, 0.25) is 0 Å². The van der Waals surface area contributed by atoms with E-state index in [-0.39, 0.29) is 0 Å². The molecule has 1 rings (SSSR count). The van der Waals surface area contributed by atoms with Crippen LogP contribution in [0.1, 0.15) is 39.0 Å². The second kappa shape index (κ2) is 7.20. The van der Waals surface area contributed by atoms with Gasteiger partial charge in [0, 0.05) is 19.8 Å². The number of hydrogen-bond acceptors (Lipinski definition) is 3. The van der Waals surface area contributed by atoms with Crippen LogP contribution in [-0.4, -0.2) is 37.5 Å². The van der Waals surface area contributed by atoms with Crippen molar-refractivity contribution in [3.8, 4) is 0 Å². The molecule has 0 aromatic rings. The van der Waals surface area contributed by atoms with Crippen molar-refractivity contribution in [3.63, 3.8) is 0 Å². The van der Waals surface area contributed by atoms with Gasteiger partial charge in [0.25, 0.3) is 0 Å². The Kier molecular flexibility index (Phi) is 6.22. The molecule has 0 heterocycles. The van der Waals surface area contributed by atoms with Crippen LogP contribution in [-0.2, 0) is 4.74 Å². The lowest BCUT2D eigenvalue weighted by Crippen LogP contribution is -2.38. The summed E-state index contributed by atoms with van der Waals surface area (Å²) in [6.07, 6.45) is 6.23. The Bertz CT molecular complexity index is 164. The van der Waals surface area contributed by atoms with E-state index in [1.165, 1.54) is 19.3 Å². The van der Waals surface area contributed by atoms with Crippen LogP contribution < -0.4 is 5.32 Å². The zero-order valence-electron chi connectivity index (χ0n) is 10.0. The third-order valence-electron chi connectivity index (χ3n) is 3.34. The molecule has 1 fully saturated rings. The van der Waals surface area contributed by atoms with E-state index in [0.29, 0.717) is 24.7 Å². The number of ether oxygens (including phenoxy) is 1. The molecule has 0 radical (unpaired) electrons. The average molecular weight is 215 g/mol. The van der Waals surface area contributed by atoms with Crippen LogP contribution in [0.3, 0.4) is 0 Å². The van der Waals surface area contributed by atoms with Crippen LogP contribution in [0.25, 0.3) is 0 Å². The van der Waals surface area contributed by atoms with Crippen molar-refractivity contribution in [2.75, 3.05) is 20.3 Å². The lowest BCUT2D eigenvalue weighted by molar-refractivity contribution is 0.0581. The molecule has 1 aliphatic rings. The zero-order chi connectivity index (χ0) is 11.1. The summed E-state index contributed by atoms with van der Waals surface area (Å²) in [5.41, 5.74) is 0. The summed E-state index contributed by atoms with van der Waals surface area (Å²) in [5, 5.41) is 12.4. The first-order valence-electron chi connectivity index (χ1n) is 6.13. The quantitative estimate of drug-likeness (QED) is 0.706. The van der Waals surface area contributed by atoms with E-state index in [4.69, 9.17) is 9.84 Å². The van der Waals surface area contributed by atoms with Gasteiger partial charge in [0.05, 0.1) is 6.10 Å². The Morgan fingerprint density at radius 2 is 2.27 bits per heavy atom. The SMILES string of the molecule is COC1CCCC(NCC(C)CCO)C1. The van der Waals surface area contributed by atoms with Gasteiger partial charge in [0.1, 0.15) is 0 Å². The molecule has 0 spiro atoms. The number of rotatable bonds is 6. The Balaban J connectivity index is 2.14. The van der Waals surface area contributed by atoms with Gasteiger partial charge in [0.2, 0.25) is 0 Å². The van der Waals surface area contributed by atoms with Crippen molar-refractivity contribution in [3.05, 3.63) is 0 Å². The van der Waals surface area contributed by atoms with E-state index in [9.17, 15) is 0 Å². The monoisotopic (exact) mass is 215 g/mol. The van der Waals surface area contributed by atoms with Crippen molar-refractivity contribution >= 4 is 0 Å². The highest BCUT2D eigenvalue weighted by atomic mass is 16.5. The van der Waals surface area contributed by atoms with Gasteiger partial charge in [-0.3, -0.25) is 0 Å². The smallest absolute Gasteiger partial charge is 0.0586 e. The number of methoxy groups -OCH3 is 1. The second-order valence-corrected chi connectivity index (χ2v) is 4.75. The van der Waals surface area contributed by atoms with E-state index < -0.39 is 0 Å². The van der Waals surface area contributed by atoms with Crippen molar-refractivity contribution in [2.45, 2.75) is 51.2 Å². The maximum atomic E-state index is 8.81. The first kappa shape index (κ1) is 12.9. The molecule has 2 N–H and O–H groups in total. The first-order valence-corrected chi connectivity index (χ1v) is 6.13. The molecule has 0 amide bonds. The Hall–Kier alpha value is -0.120. The van der Waals surface area contributed by atoms with Gasteiger partial charge in [-0.1, -0.05) is 6.92 Å². The molecule has 3 unspecified atom stereocenters. The molecule has 3 nitrogen and oxygen atoms in total. The van der Waals surface area contributed by atoms with Crippen LogP contribution in [0.15, 0.2) is 0 Å². The van der Waals surface area contributed by atoms with Crippen molar-refractivity contribution < 1.29 is 9.84 Å². The largest absolute Gasteiger partial charge is 0.396 e. The van der Waals surface area contributed by atoms with Gasteiger partial charge in [-0.15, -0.1) is 0 Å². The minimum absolute atomic E-state index is 0.300. The van der Waals surface area contributed by atoms with E-state index in [0.717, 1.165) is 19.4 Å². The predicted octanol–water partition coefficient (Wildman–Crippen LogP) is 1.55. The normalized spacial score (nSPS) is 29.0. The third kappa shape index (κ3) is 4.96. The minimum atomic E-state index is 0.300. The standard InChI is InChI=1S/C12H25NO2/c1-10(6-7-14)9-13-11-4-3-5-12(8-11)15-2/h10-14H,3-9H2,1-2H3. The van der Waals surface area contributed by atoms with Gasteiger partial charge in [0.15, 0.2) is 0 Å². The summed E-state index contributed by atoms with van der Waals surface area (Å²) < 4.78 is 5.40. The molecule has 0 aliphatic heterocycles. The fourth-order valence-corrected chi connectivity index (χ4v) is 2.23. The molecular weight excluding hydrogens is 190 g/mol. The summed E-state index contributed by atoms with van der Waals surface area (Å²) in [5.74, 6) is 0.568. The van der Waals surface area contributed by atoms with Crippen LogP contribution in [0.4, 0.5) is 0 Å². The molecule has 3 atom stereocenters. The molecule has 1 aliphatic carbocycles. The van der Waals surface area contributed by atoms with E-state index in [2.05, 4.69) is 12.2 Å². The molecule has 90 valence electrons. The van der Waals surface area contributed by atoms with Crippen molar-refractivity contribution in [1.82, 2.24) is 5.32 Å². The van der Waals surface area contributed by atoms with Gasteiger partial charge < -0.3 is 15.2 Å². The summed E-state index contributed by atoms with van der Waals surface area (Å²) in [6.45, 7) is 3.50. The van der Waals surface area contributed by atoms with Gasteiger partial charge >= 0.3 is 0 Å². The first-order chi connectivity index (χ1) is 7.26. The third-order valence-corrected chi connectivity index (χ3v) is 3.34. The summed E-state index contributed by atoms with van der Waals surface area (Å²) in [4.78, 5) is 0. The summed E-state index contributed by atoms with van der Waals surface area (Å²) in [6, 6.07) is 0.616. The Morgan fingerprint density at radius 3 is 2.93 bits per heavy atom. The number of aliphatic hydroxyl groups excluding tert-OH is 1. The summed E-state index contributed by atoms with van der Waals surface area (Å²) in [7, 11) is 1.81. The maximum absolute atomic E-state index is 8.81. The lowest BCUT2D eigenvalue weighted by Gasteiger charge is -2.29. The van der Waals surface area contributed by atoms with Crippen molar-refractivity contribution in [2.24, 2.45) is 5.92 Å². The van der Waals surface area contributed by atoms with Crippen LogP contribution in [0, 0.1) is 5.92 Å². The van der Waals surface area contributed by atoms with E-state index >= 15 is 0 Å². The highest BCUT2D eigenvalue weighted by Crippen LogP contribution is 2.20. The van der Waals surface area contributed by atoms with Crippen LogP contribution >= 0.6 is 0 Å². The molecule has 3 heteroatoms. The van der Waals surface area contributed by atoms with Gasteiger partial charge in [-0.2, -0.15) is 0 Å². The molecule has 0 saturated heterocycles. The molecule has 0 aromatic heterocycles. The van der Waals surface area contributed by atoms with E-state index in [1.54, 1.807) is 7.11 Å². The molecule has 0 aromatic carbocycles. The van der Waals surface area contributed by atoms with Gasteiger partial charge in [-0.25, -0.2) is 0 Å². The minimum Gasteiger partial charge on any atom is -0.396 e. The van der Waals surface area contributed by atoms with Crippen molar-refractivity contribution in [1.29, 1.82) is 0 Å². The zero-order valence-corrected chi connectivity index (χ0v) is 10.0. The van der Waals surface area contributed by atoms with Gasteiger partial charge in [-0.05, 0) is 44.6 Å². The topological polar surface area (TPSA) is 41.5 Å². The maximum Gasteiger partial charge on any atom is 0.0586 e. The summed E-state index contributed by atoms with van der Waals surface area (Å²) >= 11 is 0. The molecular formula is C12H25NO2. The molecule has 0 bridgehead atoms. The number of hydrogen-bond donors (Lipinski definition) is 2. The molecule has 15 heavy (non-hydrogen) atoms. The second-order valence-electron chi connectivity index (χ2n) is 4.75.